The summed E-state index contributed by atoms with van der Waals surface area (Å²) < 4.78 is 5.97. The monoisotopic (exact) mass is 497 g/mol. The standard InChI is InChI=1S/C19H20IN3O3S/c1-11(2)12-4-6-13(7-5-12)17(24)21-19(27)23-22-18(25)14-8-9-16(26-3)15(20)10-14/h4-11H,1-3H3,(H,22,25)(H2,21,23,24,27). The second-order valence-corrected chi connectivity index (χ2v) is 7.56. The number of nitrogens with one attached hydrogen (secondary N) is 3. The van der Waals surface area contributed by atoms with Crippen molar-refractivity contribution in [3.05, 3.63) is 62.7 Å². The highest BCUT2D eigenvalue weighted by Gasteiger charge is 2.11. The van der Waals surface area contributed by atoms with E-state index in [1.165, 1.54) is 0 Å². The number of ether oxygens (including phenoxy) is 1. The lowest BCUT2D eigenvalue weighted by atomic mass is 10.0. The van der Waals surface area contributed by atoms with Crippen LogP contribution >= 0.6 is 34.8 Å². The van der Waals surface area contributed by atoms with Crippen molar-refractivity contribution in [2.45, 2.75) is 19.8 Å². The molecule has 0 aliphatic heterocycles. The Morgan fingerprint density at radius 2 is 1.63 bits per heavy atom. The number of hydrogen-bond acceptors (Lipinski definition) is 4. The van der Waals surface area contributed by atoms with Gasteiger partial charge in [-0.05, 0) is 76.6 Å². The Bertz CT molecular complexity index is 854. The van der Waals surface area contributed by atoms with E-state index in [0.717, 1.165) is 9.13 Å². The van der Waals surface area contributed by atoms with Crippen LogP contribution in [0, 0.1) is 3.57 Å². The first-order chi connectivity index (χ1) is 12.8. The van der Waals surface area contributed by atoms with Gasteiger partial charge in [0.15, 0.2) is 5.11 Å². The van der Waals surface area contributed by atoms with E-state index in [-0.39, 0.29) is 16.9 Å². The summed E-state index contributed by atoms with van der Waals surface area (Å²) in [5.74, 6) is 0.344. The first-order valence-electron chi connectivity index (χ1n) is 8.17. The van der Waals surface area contributed by atoms with E-state index in [1.54, 1.807) is 37.4 Å². The molecule has 2 amide bonds. The van der Waals surface area contributed by atoms with Gasteiger partial charge in [0.2, 0.25) is 0 Å². The molecule has 0 saturated carbocycles. The van der Waals surface area contributed by atoms with Crippen molar-refractivity contribution >= 4 is 51.7 Å². The van der Waals surface area contributed by atoms with Crippen molar-refractivity contribution in [1.82, 2.24) is 16.2 Å². The number of methoxy groups -OCH3 is 1. The van der Waals surface area contributed by atoms with Crippen LogP contribution in [0.3, 0.4) is 0 Å². The molecule has 0 saturated heterocycles. The minimum Gasteiger partial charge on any atom is -0.496 e. The van der Waals surface area contributed by atoms with Crippen LogP contribution in [0.4, 0.5) is 0 Å². The number of thiocarbonyl (C=S) groups is 1. The molecule has 27 heavy (non-hydrogen) atoms. The van der Waals surface area contributed by atoms with Crippen LogP contribution in [0.2, 0.25) is 0 Å². The number of amides is 2. The van der Waals surface area contributed by atoms with E-state index in [9.17, 15) is 9.59 Å². The van der Waals surface area contributed by atoms with Crippen LogP contribution in [0.5, 0.6) is 5.75 Å². The van der Waals surface area contributed by atoms with Crippen LogP contribution in [0.15, 0.2) is 42.5 Å². The molecule has 3 N–H and O–H groups in total. The molecule has 0 heterocycles. The smallest absolute Gasteiger partial charge is 0.269 e. The van der Waals surface area contributed by atoms with Crippen molar-refractivity contribution in [2.24, 2.45) is 0 Å². The van der Waals surface area contributed by atoms with E-state index in [0.29, 0.717) is 22.8 Å². The molecule has 0 aliphatic carbocycles. The molecular formula is C19H20IN3O3S. The number of halogens is 1. The van der Waals surface area contributed by atoms with Gasteiger partial charge in [0.1, 0.15) is 5.75 Å². The van der Waals surface area contributed by atoms with Crippen molar-refractivity contribution in [2.75, 3.05) is 7.11 Å². The van der Waals surface area contributed by atoms with E-state index >= 15 is 0 Å². The van der Waals surface area contributed by atoms with Gasteiger partial charge in [-0.25, -0.2) is 0 Å². The van der Waals surface area contributed by atoms with Gasteiger partial charge < -0.3 is 4.74 Å². The summed E-state index contributed by atoms with van der Waals surface area (Å²) in [6.07, 6.45) is 0. The Hall–Kier alpha value is -2.20. The molecule has 0 radical (unpaired) electrons. The van der Waals surface area contributed by atoms with Crippen LogP contribution in [0.25, 0.3) is 0 Å². The van der Waals surface area contributed by atoms with Gasteiger partial charge in [-0.15, -0.1) is 0 Å². The molecule has 0 bridgehead atoms. The highest BCUT2D eigenvalue weighted by molar-refractivity contribution is 14.1. The summed E-state index contributed by atoms with van der Waals surface area (Å²) in [5, 5.41) is 2.53. The van der Waals surface area contributed by atoms with Crippen molar-refractivity contribution in [3.63, 3.8) is 0 Å². The summed E-state index contributed by atoms with van der Waals surface area (Å²) in [4.78, 5) is 24.4. The Labute approximate surface area is 177 Å². The van der Waals surface area contributed by atoms with E-state index in [2.05, 4.69) is 52.6 Å². The van der Waals surface area contributed by atoms with Crippen molar-refractivity contribution in [3.8, 4) is 5.75 Å². The third kappa shape index (κ3) is 5.90. The SMILES string of the molecule is COc1ccc(C(=O)NNC(=S)NC(=O)c2ccc(C(C)C)cc2)cc1I. The molecule has 0 aliphatic rings. The maximum absolute atomic E-state index is 12.2. The van der Waals surface area contributed by atoms with Gasteiger partial charge >= 0.3 is 0 Å². The fourth-order valence-electron chi connectivity index (χ4n) is 2.22. The number of hydrazine groups is 1. The van der Waals surface area contributed by atoms with E-state index in [1.807, 2.05) is 12.1 Å². The Kier molecular flexibility index (Phi) is 7.55. The second-order valence-electron chi connectivity index (χ2n) is 5.99. The zero-order valence-electron chi connectivity index (χ0n) is 15.1. The number of carbonyl (C=O) groups excluding carboxylic acids is 2. The predicted molar refractivity (Wildman–Crippen MR) is 117 cm³/mol. The summed E-state index contributed by atoms with van der Waals surface area (Å²) in [7, 11) is 1.57. The minimum absolute atomic E-state index is 0.00416. The molecule has 0 unspecified atom stereocenters. The third-order valence-electron chi connectivity index (χ3n) is 3.77. The number of hydrogen-bond donors (Lipinski definition) is 3. The largest absolute Gasteiger partial charge is 0.496 e. The molecule has 2 aromatic carbocycles. The highest BCUT2D eigenvalue weighted by Crippen LogP contribution is 2.21. The summed E-state index contributed by atoms with van der Waals surface area (Å²) in [6, 6.07) is 12.3. The number of benzene rings is 2. The lowest BCUT2D eigenvalue weighted by Crippen LogP contribution is -2.48. The van der Waals surface area contributed by atoms with Gasteiger partial charge in [-0.3, -0.25) is 25.8 Å². The molecule has 6 nitrogen and oxygen atoms in total. The van der Waals surface area contributed by atoms with Gasteiger partial charge in [0, 0.05) is 11.1 Å². The Balaban J connectivity index is 1.88. The summed E-state index contributed by atoms with van der Waals surface area (Å²) >= 11 is 7.13. The van der Waals surface area contributed by atoms with Crippen LogP contribution < -0.4 is 20.9 Å². The minimum atomic E-state index is -0.381. The summed E-state index contributed by atoms with van der Waals surface area (Å²) in [5.41, 5.74) is 7.05. The molecule has 2 rings (SSSR count). The van der Waals surface area contributed by atoms with Gasteiger partial charge in [0.05, 0.1) is 10.7 Å². The topological polar surface area (TPSA) is 79.5 Å². The zero-order valence-corrected chi connectivity index (χ0v) is 18.1. The first kappa shape index (κ1) is 21.1. The lowest BCUT2D eigenvalue weighted by molar-refractivity contribution is 0.0934. The first-order valence-corrected chi connectivity index (χ1v) is 9.65. The lowest BCUT2D eigenvalue weighted by Gasteiger charge is -2.12. The fourth-order valence-corrected chi connectivity index (χ4v) is 3.10. The quantitative estimate of drug-likeness (QED) is 0.343. The Morgan fingerprint density at radius 1 is 1.00 bits per heavy atom. The maximum Gasteiger partial charge on any atom is 0.269 e. The van der Waals surface area contributed by atoms with E-state index < -0.39 is 0 Å². The number of rotatable bonds is 4. The molecule has 0 aromatic heterocycles. The molecule has 142 valence electrons. The van der Waals surface area contributed by atoms with Gasteiger partial charge in [-0.2, -0.15) is 0 Å². The third-order valence-corrected chi connectivity index (χ3v) is 4.82. The van der Waals surface area contributed by atoms with Gasteiger partial charge in [0.25, 0.3) is 11.8 Å². The Morgan fingerprint density at radius 3 is 2.19 bits per heavy atom. The molecule has 2 aromatic rings. The van der Waals surface area contributed by atoms with Crippen LogP contribution in [-0.4, -0.2) is 24.0 Å². The predicted octanol–water partition coefficient (Wildman–Crippen LogP) is 3.37. The zero-order chi connectivity index (χ0) is 20.0. The molecule has 0 atom stereocenters. The normalized spacial score (nSPS) is 10.3. The van der Waals surface area contributed by atoms with Crippen molar-refractivity contribution in [1.29, 1.82) is 0 Å². The van der Waals surface area contributed by atoms with Gasteiger partial charge in [-0.1, -0.05) is 26.0 Å². The van der Waals surface area contributed by atoms with Crippen LogP contribution in [-0.2, 0) is 0 Å². The maximum atomic E-state index is 12.2. The molecular weight excluding hydrogens is 477 g/mol. The highest BCUT2D eigenvalue weighted by atomic mass is 127. The molecule has 0 fully saturated rings. The average Bonchev–Trinajstić information content (AvgIpc) is 2.66. The van der Waals surface area contributed by atoms with Crippen molar-refractivity contribution < 1.29 is 14.3 Å². The fraction of sp³-hybridized carbons (Fsp3) is 0.211. The number of carbonyl (C=O) groups is 2. The molecule has 0 spiro atoms. The average molecular weight is 497 g/mol. The molecule has 8 heteroatoms. The second kappa shape index (κ2) is 9.65. The van der Waals surface area contributed by atoms with E-state index in [4.69, 9.17) is 17.0 Å². The van der Waals surface area contributed by atoms with Crippen LogP contribution in [0.1, 0.15) is 46.0 Å². The summed E-state index contributed by atoms with van der Waals surface area (Å²) in [6.45, 7) is 4.17.